The first-order valence-corrected chi connectivity index (χ1v) is 6.99. The summed E-state index contributed by atoms with van der Waals surface area (Å²) in [5, 5.41) is 3.44. The minimum Gasteiger partial charge on any atom is -0.489 e. The van der Waals surface area contributed by atoms with E-state index in [1.807, 2.05) is 20.0 Å². The highest BCUT2D eigenvalue weighted by Gasteiger charge is 2.25. The highest BCUT2D eigenvalue weighted by molar-refractivity contribution is 5.28. The Hall–Kier alpha value is -1.09. The van der Waals surface area contributed by atoms with E-state index in [0.717, 1.165) is 5.75 Å². The number of pyridine rings is 1. The highest BCUT2D eigenvalue weighted by atomic mass is 16.5. The van der Waals surface area contributed by atoms with Gasteiger partial charge in [-0.25, -0.2) is 0 Å². The zero-order chi connectivity index (χ0) is 13.0. The second-order valence-corrected chi connectivity index (χ2v) is 5.41. The number of aromatic nitrogens is 1. The molecule has 0 aromatic carbocycles. The fourth-order valence-electron chi connectivity index (χ4n) is 2.85. The third-order valence-corrected chi connectivity index (χ3v) is 3.67. The zero-order valence-electron chi connectivity index (χ0n) is 11.6. The van der Waals surface area contributed by atoms with Crippen LogP contribution in [0, 0.1) is 0 Å². The van der Waals surface area contributed by atoms with E-state index < -0.39 is 0 Å². The maximum Gasteiger partial charge on any atom is 0.138 e. The molecule has 18 heavy (non-hydrogen) atoms. The van der Waals surface area contributed by atoms with Gasteiger partial charge >= 0.3 is 0 Å². The molecule has 0 aliphatic heterocycles. The molecule has 1 N–H and O–H groups in total. The van der Waals surface area contributed by atoms with Gasteiger partial charge in [0.15, 0.2) is 0 Å². The molecular weight excluding hydrogens is 224 g/mol. The normalized spacial score (nSPS) is 24.2. The molecule has 0 radical (unpaired) electrons. The maximum absolute atomic E-state index is 5.73. The van der Waals surface area contributed by atoms with Crippen LogP contribution in [0.15, 0.2) is 18.5 Å². The molecule has 0 spiro atoms. The van der Waals surface area contributed by atoms with Crippen LogP contribution >= 0.6 is 0 Å². The number of rotatable bonds is 4. The van der Waals surface area contributed by atoms with E-state index in [1.165, 1.54) is 31.2 Å². The number of nitrogens with zero attached hydrogens (tertiary/aromatic N) is 1. The molecule has 0 amide bonds. The molecule has 1 aromatic heterocycles. The Bertz CT molecular complexity index is 379. The lowest BCUT2D eigenvalue weighted by atomic mass is 9.80. The number of nitrogens with one attached hydrogen (secondary N) is 1. The Labute approximate surface area is 110 Å². The lowest BCUT2D eigenvalue weighted by molar-refractivity contribution is 0.240. The average molecular weight is 248 g/mol. The zero-order valence-corrected chi connectivity index (χ0v) is 11.6. The molecule has 1 aliphatic carbocycles. The SMILES string of the molecule is CNC1CCCCC1c1cncc(OC(C)C)c1. The fraction of sp³-hybridized carbons (Fsp3) is 0.667. The molecule has 0 saturated heterocycles. The molecule has 1 heterocycles. The van der Waals surface area contributed by atoms with E-state index in [4.69, 9.17) is 4.74 Å². The summed E-state index contributed by atoms with van der Waals surface area (Å²) in [5.41, 5.74) is 1.31. The van der Waals surface area contributed by atoms with E-state index in [9.17, 15) is 0 Å². The molecule has 3 heteroatoms. The molecule has 1 fully saturated rings. The van der Waals surface area contributed by atoms with Crippen molar-refractivity contribution in [2.24, 2.45) is 0 Å². The lowest BCUT2D eigenvalue weighted by Gasteiger charge is -2.31. The van der Waals surface area contributed by atoms with Gasteiger partial charge in [-0.3, -0.25) is 4.98 Å². The van der Waals surface area contributed by atoms with Crippen molar-refractivity contribution in [1.29, 1.82) is 0 Å². The Kier molecular flexibility index (Phi) is 4.59. The first-order chi connectivity index (χ1) is 8.70. The van der Waals surface area contributed by atoms with Crippen LogP contribution in [0.3, 0.4) is 0 Å². The van der Waals surface area contributed by atoms with Gasteiger partial charge < -0.3 is 10.1 Å². The van der Waals surface area contributed by atoms with Gasteiger partial charge in [-0.2, -0.15) is 0 Å². The third kappa shape index (κ3) is 3.22. The molecule has 3 nitrogen and oxygen atoms in total. The summed E-state index contributed by atoms with van der Waals surface area (Å²) in [4.78, 5) is 4.33. The summed E-state index contributed by atoms with van der Waals surface area (Å²) in [6.07, 6.45) is 9.16. The molecule has 1 saturated carbocycles. The van der Waals surface area contributed by atoms with Gasteiger partial charge in [0.1, 0.15) is 5.75 Å². The Morgan fingerprint density at radius 2 is 2.06 bits per heavy atom. The minimum atomic E-state index is 0.202. The molecular formula is C15H24N2O. The van der Waals surface area contributed by atoms with Crippen LogP contribution in [0.4, 0.5) is 0 Å². The van der Waals surface area contributed by atoms with Gasteiger partial charge in [-0.05, 0) is 45.4 Å². The van der Waals surface area contributed by atoms with Crippen molar-refractivity contribution in [3.05, 3.63) is 24.0 Å². The van der Waals surface area contributed by atoms with E-state index in [-0.39, 0.29) is 6.10 Å². The smallest absolute Gasteiger partial charge is 0.138 e. The Morgan fingerprint density at radius 1 is 1.28 bits per heavy atom. The van der Waals surface area contributed by atoms with Gasteiger partial charge in [-0.15, -0.1) is 0 Å². The first kappa shape index (κ1) is 13.3. The van der Waals surface area contributed by atoms with Crippen molar-refractivity contribution in [2.45, 2.75) is 57.6 Å². The molecule has 2 rings (SSSR count). The lowest BCUT2D eigenvalue weighted by Crippen LogP contribution is -2.34. The number of hydrogen-bond acceptors (Lipinski definition) is 3. The number of ether oxygens (including phenoxy) is 1. The summed E-state index contributed by atoms with van der Waals surface area (Å²) < 4.78 is 5.73. The van der Waals surface area contributed by atoms with Crippen molar-refractivity contribution in [3.8, 4) is 5.75 Å². The third-order valence-electron chi connectivity index (χ3n) is 3.67. The van der Waals surface area contributed by atoms with Gasteiger partial charge in [0, 0.05) is 18.2 Å². The Morgan fingerprint density at radius 3 is 2.78 bits per heavy atom. The summed E-state index contributed by atoms with van der Waals surface area (Å²) in [6, 6.07) is 2.74. The summed E-state index contributed by atoms with van der Waals surface area (Å²) in [5.74, 6) is 1.47. The van der Waals surface area contributed by atoms with E-state index in [0.29, 0.717) is 12.0 Å². The van der Waals surface area contributed by atoms with Gasteiger partial charge in [0.25, 0.3) is 0 Å². The number of likely N-dealkylation sites (N-methyl/N-ethyl adjacent to an activating group) is 1. The second kappa shape index (κ2) is 6.19. The topological polar surface area (TPSA) is 34.2 Å². The van der Waals surface area contributed by atoms with E-state index >= 15 is 0 Å². The van der Waals surface area contributed by atoms with Crippen LogP contribution < -0.4 is 10.1 Å². The molecule has 0 bridgehead atoms. The Balaban J connectivity index is 2.15. The second-order valence-electron chi connectivity index (χ2n) is 5.41. The van der Waals surface area contributed by atoms with Crippen LogP contribution in [0.5, 0.6) is 5.75 Å². The maximum atomic E-state index is 5.73. The fourth-order valence-corrected chi connectivity index (χ4v) is 2.85. The van der Waals surface area contributed by atoms with Crippen LogP contribution in [0.1, 0.15) is 51.0 Å². The monoisotopic (exact) mass is 248 g/mol. The standard InChI is InChI=1S/C15H24N2O/c1-11(2)18-13-8-12(9-17-10-13)14-6-4-5-7-15(14)16-3/h8-11,14-16H,4-7H2,1-3H3. The first-order valence-electron chi connectivity index (χ1n) is 6.99. The van der Waals surface area contributed by atoms with Crippen LogP contribution in [-0.4, -0.2) is 24.2 Å². The summed E-state index contributed by atoms with van der Waals surface area (Å²) >= 11 is 0. The van der Waals surface area contributed by atoms with Crippen molar-refractivity contribution in [2.75, 3.05) is 7.05 Å². The van der Waals surface area contributed by atoms with Gasteiger partial charge in [0.2, 0.25) is 0 Å². The van der Waals surface area contributed by atoms with Crippen molar-refractivity contribution in [1.82, 2.24) is 10.3 Å². The van der Waals surface area contributed by atoms with E-state index in [2.05, 4.69) is 23.4 Å². The van der Waals surface area contributed by atoms with Crippen molar-refractivity contribution >= 4 is 0 Å². The predicted molar refractivity (Wildman–Crippen MR) is 74.1 cm³/mol. The molecule has 2 unspecified atom stereocenters. The van der Waals surface area contributed by atoms with E-state index in [1.54, 1.807) is 6.20 Å². The van der Waals surface area contributed by atoms with Gasteiger partial charge in [0.05, 0.1) is 12.3 Å². The van der Waals surface area contributed by atoms with Gasteiger partial charge in [-0.1, -0.05) is 12.8 Å². The van der Waals surface area contributed by atoms with Crippen LogP contribution in [-0.2, 0) is 0 Å². The molecule has 100 valence electrons. The molecule has 1 aliphatic rings. The number of hydrogen-bond donors (Lipinski definition) is 1. The largest absolute Gasteiger partial charge is 0.489 e. The van der Waals surface area contributed by atoms with Crippen molar-refractivity contribution in [3.63, 3.8) is 0 Å². The highest BCUT2D eigenvalue weighted by Crippen LogP contribution is 2.33. The summed E-state index contributed by atoms with van der Waals surface area (Å²) in [7, 11) is 2.06. The van der Waals surface area contributed by atoms with Crippen molar-refractivity contribution < 1.29 is 4.74 Å². The average Bonchev–Trinajstić information content (AvgIpc) is 2.38. The molecule has 2 atom stereocenters. The summed E-state index contributed by atoms with van der Waals surface area (Å²) in [6.45, 7) is 4.09. The predicted octanol–water partition coefficient (Wildman–Crippen LogP) is 3.11. The van der Waals surface area contributed by atoms with Crippen LogP contribution in [0.2, 0.25) is 0 Å². The quantitative estimate of drug-likeness (QED) is 0.889. The molecule has 1 aromatic rings. The minimum absolute atomic E-state index is 0.202. The van der Waals surface area contributed by atoms with Crippen LogP contribution in [0.25, 0.3) is 0 Å².